The number of amides is 1. The molecule has 0 radical (unpaired) electrons. The van der Waals surface area contributed by atoms with Gasteiger partial charge >= 0.3 is 0 Å². The molecule has 0 aromatic heterocycles. The van der Waals surface area contributed by atoms with Gasteiger partial charge in [0.2, 0.25) is 5.91 Å². The van der Waals surface area contributed by atoms with E-state index in [1.54, 1.807) is 24.3 Å². The second kappa shape index (κ2) is 5.56. The molecule has 0 aliphatic carbocycles. The standard InChI is InChI=1S/C13H13Cl2NO/c14-11-5-3-10(9-12(11)15)4-6-13(17)16-7-1-2-8-16/h3-6,9H,1-2,7-8H2/b6-4-. The summed E-state index contributed by atoms with van der Waals surface area (Å²) in [6.07, 6.45) is 5.56. The fourth-order valence-electron chi connectivity index (χ4n) is 1.83. The zero-order valence-corrected chi connectivity index (χ0v) is 10.8. The fraction of sp³-hybridized carbons (Fsp3) is 0.308. The van der Waals surface area contributed by atoms with Gasteiger partial charge in [-0.3, -0.25) is 4.79 Å². The van der Waals surface area contributed by atoms with Crippen molar-refractivity contribution >= 4 is 35.2 Å². The van der Waals surface area contributed by atoms with Gasteiger partial charge < -0.3 is 4.90 Å². The summed E-state index contributed by atoms with van der Waals surface area (Å²) in [4.78, 5) is 13.6. The Bertz CT molecular complexity index is 451. The minimum Gasteiger partial charge on any atom is -0.339 e. The Labute approximate surface area is 111 Å². The third-order valence-corrected chi connectivity index (χ3v) is 3.52. The van der Waals surface area contributed by atoms with E-state index in [9.17, 15) is 4.79 Å². The van der Waals surface area contributed by atoms with Crippen molar-refractivity contribution in [3.8, 4) is 0 Å². The molecule has 1 saturated heterocycles. The lowest BCUT2D eigenvalue weighted by Gasteiger charge is -2.11. The molecular weight excluding hydrogens is 257 g/mol. The smallest absolute Gasteiger partial charge is 0.246 e. The summed E-state index contributed by atoms with van der Waals surface area (Å²) in [5, 5.41) is 1.03. The second-order valence-electron chi connectivity index (χ2n) is 4.04. The average molecular weight is 270 g/mol. The minimum absolute atomic E-state index is 0.0635. The molecule has 1 aromatic carbocycles. The number of carbonyl (C=O) groups excluding carboxylic acids is 1. The van der Waals surface area contributed by atoms with Gasteiger partial charge in [-0.05, 0) is 36.6 Å². The quantitative estimate of drug-likeness (QED) is 0.751. The average Bonchev–Trinajstić information content (AvgIpc) is 2.84. The molecule has 1 aliphatic rings. The Hall–Kier alpha value is -0.990. The minimum atomic E-state index is 0.0635. The molecule has 0 unspecified atom stereocenters. The lowest BCUT2D eigenvalue weighted by atomic mass is 10.2. The van der Waals surface area contributed by atoms with Gasteiger partial charge in [0.1, 0.15) is 0 Å². The summed E-state index contributed by atoms with van der Waals surface area (Å²) in [7, 11) is 0. The van der Waals surface area contributed by atoms with E-state index in [2.05, 4.69) is 0 Å². The largest absolute Gasteiger partial charge is 0.339 e. The van der Waals surface area contributed by atoms with Gasteiger partial charge in [-0.15, -0.1) is 0 Å². The number of nitrogens with zero attached hydrogens (tertiary/aromatic N) is 1. The summed E-state index contributed by atoms with van der Waals surface area (Å²) in [5.41, 5.74) is 0.881. The highest BCUT2D eigenvalue weighted by atomic mass is 35.5. The first-order valence-electron chi connectivity index (χ1n) is 5.59. The van der Waals surface area contributed by atoms with Gasteiger partial charge in [0.15, 0.2) is 0 Å². The molecule has 0 saturated carbocycles. The SMILES string of the molecule is O=C(/C=C\c1ccc(Cl)c(Cl)c1)N1CCCC1. The van der Waals surface area contributed by atoms with Crippen molar-refractivity contribution < 1.29 is 4.79 Å². The van der Waals surface area contributed by atoms with Crippen molar-refractivity contribution in [1.29, 1.82) is 0 Å². The Morgan fingerprint density at radius 1 is 1.18 bits per heavy atom. The topological polar surface area (TPSA) is 20.3 Å². The number of hydrogen-bond acceptors (Lipinski definition) is 1. The number of halogens is 2. The third-order valence-electron chi connectivity index (χ3n) is 2.78. The Kier molecular flexibility index (Phi) is 4.08. The molecule has 0 bridgehead atoms. The Balaban J connectivity index is 2.04. The summed E-state index contributed by atoms with van der Waals surface area (Å²) in [5.74, 6) is 0.0635. The maximum Gasteiger partial charge on any atom is 0.246 e. The highest BCUT2D eigenvalue weighted by Crippen LogP contribution is 2.23. The van der Waals surface area contributed by atoms with Crippen LogP contribution < -0.4 is 0 Å². The van der Waals surface area contributed by atoms with Crippen molar-refractivity contribution in [3.63, 3.8) is 0 Å². The molecule has 1 fully saturated rings. The molecule has 2 rings (SSSR count). The molecular formula is C13H13Cl2NO. The normalized spacial score (nSPS) is 15.8. The third kappa shape index (κ3) is 3.24. The highest BCUT2D eigenvalue weighted by Gasteiger charge is 2.14. The van der Waals surface area contributed by atoms with E-state index >= 15 is 0 Å². The predicted molar refractivity (Wildman–Crippen MR) is 71.3 cm³/mol. The predicted octanol–water partition coefficient (Wildman–Crippen LogP) is 3.63. The molecule has 1 aromatic rings. The first-order chi connectivity index (χ1) is 8.16. The molecule has 0 atom stereocenters. The molecule has 17 heavy (non-hydrogen) atoms. The van der Waals surface area contributed by atoms with Crippen LogP contribution in [-0.2, 0) is 4.79 Å². The maximum absolute atomic E-state index is 11.8. The molecule has 1 heterocycles. The van der Waals surface area contributed by atoms with Crippen molar-refractivity contribution in [2.24, 2.45) is 0 Å². The van der Waals surface area contributed by atoms with Gasteiger partial charge in [-0.2, -0.15) is 0 Å². The van der Waals surface area contributed by atoms with E-state index in [1.165, 1.54) is 0 Å². The van der Waals surface area contributed by atoms with E-state index in [0.717, 1.165) is 31.5 Å². The van der Waals surface area contributed by atoms with Gasteiger partial charge in [0.25, 0.3) is 0 Å². The van der Waals surface area contributed by atoms with Crippen LogP contribution in [0.2, 0.25) is 10.0 Å². The van der Waals surface area contributed by atoms with Gasteiger partial charge in [-0.25, -0.2) is 0 Å². The van der Waals surface area contributed by atoms with Gasteiger partial charge in [0.05, 0.1) is 10.0 Å². The van der Waals surface area contributed by atoms with Crippen LogP contribution in [0.1, 0.15) is 18.4 Å². The van der Waals surface area contributed by atoms with E-state index in [0.29, 0.717) is 10.0 Å². The number of likely N-dealkylation sites (tertiary alicyclic amines) is 1. The number of hydrogen-bond donors (Lipinski definition) is 0. The van der Waals surface area contributed by atoms with E-state index < -0.39 is 0 Å². The summed E-state index contributed by atoms with van der Waals surface area (Å²) in [6.45, 7) is 1.73. The van der Waals surface area contributed by atoms with E-state index in [1.807, 2.05) is 11.0 Å². The molecule has 1 aliphatic heterocycles. The monoisotopic (exact) mass is 269 g/mol. The van der Waals surface area contributed by atoms with Crippen molar-refractivity contribution in [3.05, 3.63) is 39.9 Å². The van der Waals surface area contributed by atoms with Crippen LogP contribution in [0.3, 0.4) is 0 Å². The van der Waals surface area contributed by atoms with E-state index in [4.69, 9.17) is 23.2 Å². The first-order valence-corrected chi connectivity index (χ1v) is 6.34. The molecule has 2 nitrogen and oxygen atoms in total. The molecule has 90 valence electrons. The maximum atomic E-state index is 11.8. The number of rotatable bonds is 2. The van der Waals surface area contributed by atoms with Gasteiger partial charge in [-0.1, -0.05) is 29.3 Å². The molecule has 4 heteroatoms. The Morgan fingerprint density at radius 3 is 2.53 bits per heavy atom. The van der Waals surface area contributed by atoms with Crippen LogP contribution >= 0.6 is 23.2 Å². The summed E-state index contributed by atoms with van der Waals surface area (Å²) >= 11 is 11.7. The van der Waals surface area contributed by atoms with Crippen LogP contribution in [0.5, 0.6) is 0 Å². The molecule has 0 N–H and O–H groups in total. The lowest BCUT2D eigenvalue weighted by Crippen LogP contribution is -2.25. The molecule has 0 spiro atoms. The second-order valence-corrected chi connectivity index (χ2v) is 4.85. The van der Waals surface area contributed by atoms with Crippen molar-refractivity contribution in [1.82, 2.24) is 4.90 Å². The number of benzene rings is 1. The Morgan fingerprint density at radius 2 is 1.88 bits per heavy atom. The van der Waals surface area contributed by atoms with Crippen LogP contribution in [0, 0.1) is 0 Å². The van der Waals surface area contributed by atoms with Crippen LogP contribution in [0.25, 0.3) is 6.08 Å². The fourth-order valence-corrected chi connectivity index (χ4v) is 2.13. The lowest BCUT2D eigenvalue weighted by molar-refractivity contribution is -0.124. The highest BCUT2D eigenvalue weighted by molar-refractivity contribution is 6.42. The van der Waals surface area contributed by atoms with Crippen LogP contribution in [0.4, 0.5) is 0 Å². The van der Waals surface area contributed by atoms with Crippen molar-refractivity contribution in [2.45, 2.75) is 12.8 Å². The van der Waals surface area contributed by atoms with Crippen LogP contribution in [0.15, 0.2) is 24.3 Å². The van der Waals surface area contributed by atoms with Gasteiger partial charge in [0, 0.05) is 19.2 Å². The number of carbonyl (C=O) groups is 1. The summed E-state index contributed by atoms with van der Waals surface area (Å²) in [6, 6.07) is 5.31. The zero-order valence-electron chi connectivity index (χ0n) is 9.33. The zero-order chi connectivity index (χ0) is 12.3. The van der Waals surface area contributed by atoms with E-state index in [-0.39, 0.29) is 5.91 Å². The summed E-state index contributed by atoms with van der Waals surface area (Å²) < 4.78 is 0. The molecule has 1 amide bonds. The van der Waals surface area contributed by atoms with Crippen LogP contribution in [-0.4, -0.2) is 23.9 Å². The van der Waals surface area contributed by atoms with Crippen molar-refractivity contribution in [2.75, 3.05) is 13.1 Å². The first kappa shape index (κ1) is 12.5.